The largest absolute Gasteiger partial charge is 0.387 e. The van der Waals surface area contributed by atoms with Gasteiger partial charge in [0.1, 0.15) is 0 Å². The highest BCUT2D eigenvalue weighted by Gasteiger charge is 2.07. The van der Waals surface area contributed by atoms with Crippen LogP contribution in [0.3, 0.4) is 0 Å². The Kier molecular flexibility index (Phi) is 2.22. The lowest BCUT2D eigenvalue weighted by Gasteiger charge is -2.08. The van der Waals surface area contributed by atoms with E-state index >= 15 is 0 Å². The third kappa shape index (κ3) is 1.38. The number of aliphatic hydroxyl groups is 1. The van der Waals surface area contributed by atoms with Crippen LogP contribution in [0.4, 0.5) is 0 Å². The Balaban J connectivity index is 2.81. The molecular weight excluding hydrogens is 174 g/mol. The molecule has 0 saturated heterocycles. The molecule has 2 rings (SSSR count). The number of pyridine rings is 1. The fraction of sp³-hybridized carbons (Fsp3) is 0.250. The summed E-state index contributed by atoms with van der Waals surface area (Å²) in [7, 11) is 0. The van der Waals surface area contributed by atoms with E-state index in [4.69, 9.17) is 0 Å². The summed E-state index contributed by atoms with van der Waals surface area (Å²) < 4.78 is 0. The van der Waals surface area contributed by atoms with Crippen molar-refractivity contribution in [1.29, 1.82) is 0 Å². The molecule has 1 unspecified atom stereocenters. The zero-order chi connectivity index (χ0) is 10.1. The molecule has 72 valence electrons. The maximum absolute atomic E-state index is 9.55. The molecule has 0 bridgehead atoms. The third-order valence-electron chi connectivity index (χ3n) is 2.45. The average Bonchev–Trinajstić information content (AvgIpc) is 2.17. The zero-order valence-corrected chi connectivity index (χ0v) is 8.36. The molecule has 0 fully saturated rings. The van der Waals surface area contributed by atoms with Crippen molar-refractivity contribution in [3.05, 3.63) is 41.7 Å². The minimum absolute atomic E-state index is 0.513. The van der Waals surface area contributed by atoms with E-state index in [9.17, 15) is 5.11 Å². The molecule has 0 amide bonds. The number of nitrogens with zero attached hydrogens (tertiary/aromatic N) is 1. The van der Waals surface area contributed by atoms with E-state index in [1.807, 2.05) is 18.2 Å². The second-order valence-corrected chi connectivity index (χ2v) is 3.54. The van der Waals surface area contributed by atoms with Gasteiger partial charge >= 0.3 is 0 Å². The Hall–Kier alpha value is -1.41. The number of fused-ring (bicyclic) bond motifs is 1. The maximum atomic E-state index is 9.55. The van der Waals surface area contributed by atoms with Gasteiger partial charge in [0.2, 0.25) is 0 Å². The van der Waals surface area contributed by atoms with Gasteiger partial charge < -0.3 is 5.11 Å². The number of benzene rings is 1. The van der Waals surface area contributed by atoms with Crippen molar-refractivity contribution in [2.45, 2.75) is 20.0 Å². The number of hydrogen-bond acceptors (Lipinski definition) is 2. The van der Waals surface area contributed by atoms with E-state index < -0.39 is 6.10 Å². The molecule has 2 aromatic rings. The topological polar surface area (TPSA) is 33.1 Å². The van der Waals surface area contributed by atoms with E-state index in [-0.39, 0.29) is 0 Å². The van der Waals surface area contributed by atoms with Crippen molar-refractivity contribution in [1.82, 2.24) is 4.98 Å². The molecule has 0 aliphatic rings. The highest BCUT2D eigenvalue weighted by atomic mass is 16.3. The van der Waals surface area contributed by atoms with Gasteiger partial charge in [0, 0.05) is 11.6 Å². The van der Waals surface area contributed by atoms with Crippen LogP contribution in [0.15, 0.2) is 30.5 Å². The van der Waals surface area contributed by atoms with Crippen LogP contribution in [0.5, 0.6) is 0 Å². The van der Waals surface area contributed by atoms with E-state index in [1.165, 1.54) is 10.9 Å². The van der Waals surface area contributed by atoms with Crippen LogP contribution in [-0.2, 0) is 0 Å². The van der Waals surface area contributed by atoms with Crippen molar-refractivity contribution in [3.8, 4) is 0 Å². The Morgan fingerprint density at radius 2 is 2.00 bits per heavy atom. The molecule has 2 heteroatoms. The lowest BCUT2D eigenvalue weighted by Crippen LogP contribution is -1.96. The zero-order valence-electron chi connectivity index (χ0n) is 8.36. The quantitative estimate of drug-likeness (QED) is 0.744. The Labute approximate surface area is 83.2 Å². The molecular formula is C12H13NO. The summed E-state index contributed by atoms with van der Waals surface area (Å²) in [6.07, 6.45) is 1.23. The Morgan fingerprint density at radius 1 is 1.21 bits per heavy atom. The Morgan fingerprint density at radius 3 is 2.71 bits per heavy atom. The van der Waals surface area contributed by atoms with E-state index in [2.05, 4.69) is 18.0 Å². The second kappa shape index (κ2) is 3.39. The summed E-state index contributed by atoms with van der Waals surface area (Å²) in [4.78, 5) is 4.20. The highest BCUT2D eigenvalue weighted by Crippen LogP contribution is 2.23. The first-order chi connectivity index (χ1) is 6.70. The van der Waals surface area contributed by atoms with E-state index in [0.29, 0.717) is 0 Å². The maximum Gasteiger partial charge on any atom is 0.0938 e. The number of aliphatic hydroxyl groups excluding tert-OH is 1. The van der Waals surface area contributed by atoms with Gasteiger partial charge in [0.25, 0.3) is 0 Å². The summed E-state index contributed by atoms with van der Waals surface area (Å²) in [6.45, 7) is 3.80. The minimum atomic E-state index is -0.513. The van der Waals surface area contributed by atoms with Gasteiger partial charge in [-0.05, 0) is 30.9 Å². The summed E-state index contributed by atoms with van der Waals surface area (Å²) in [6, 6.07) is 8.04. The third-order valence-corrected chi connectivity index (χ3v) is 2.45. The first kappa shape index (κ1) is 9.16. The first-order valence-corrected chi connectivity index (χ1v) is 4.72. The lowest BCUT2D eigenvalue weighted by molar-refractivity contribution is 0.196. The molecule has 14 heavy (non-hydrogen) atoms. The van der Waals surface area contributed by atoms with Gasteiger partial charge in [0.15, 0.2) is 0 Å². The van der Waals surface area contributed by atoms with Crippen molar-refractivity contribution >= 4 is 10.8 Å². The monoisotopic (exact) mass is 187 g/mol. The standard InChI is InChI=1S/C12H13NO/c1-8-4-3-5-11-10(8)6-7-13-12(11)9(2)14/h3-7,9,14H,1-2H3. The predicted octanol–water partition coefficient (Wildman–Crippen LogP) is 2.60. The molecule has 1 atom stereocenters. The van der Waals surface area contributed by atoms with E-state index in [1.54, 1.807) is 13.1 Å². The molecule has 1 heterocycles. The number of rotatable bonds is 1. The Bertz CT molecular complexity index is 463. The SMILES string of the molecule is Cc1cccc2c(C(C)O)nccc12. The van der Waals surface area contributed by atoms with Gasteiger partial charge in [0.05, 0.1) is 11.8 Å². The van der Waals surface area contributed by atoms with Crippen LogP contribution >= 0.6 is 0 Å². The number of aromatic nitrogens is 1. The van der Waals surface area contributed by atoms with Crippen molar-refractivity contribution < 1.29 is 5.11 Å². The van der Waals surface area contributed by atoms with Crippen molar-refractivity contribution in [2.24, 2.45) is 0 Å². The van der Waals surface area contributed by atoms with Crippen LogP contribution in [0.25, 0.3) is 10.8 Å². The minimum Gasteiger partial charge on any atom is -0.387 e. The van der Waals surface area contributed by atoms with Gasteiger partial charge in [-0.15, -0.1) is 0 Å². The lowest BCUT2D eigenvalue weighted by atomic mass is 10.0. The van der Waals surface area contributed by atoms with Gasteiger partial charge in [-0.25, -0.2) is 0 Å². The molecule has 0 aliphatic carbocycles. The first-order valence-electron chi connectivity index (χ1n) is 4.72. The number of aryl methyl sites for hydroxylation is 1. The summed E-state index contributed by atoms with van der Waals surface area (Å²) in [5.74, 6) is 0. The van der Waals surface area contributed by atoms with Gasteiger partial charge in [-0.3, -0.25) is 4.98 Å². The van der Waals surface area contributed by atoms with Crippen LogP contribution in [0.1, 0.15) is 24.3 Å². The summed E-state index contributed by atoms with van der Waals surface area (Å²) >= 11 is 0. The normalized spacial score (nSPS) is 13.1. The summed E-state index contributed by atoms with van der Waals surface area (Å²) in [5, 5.41) is 11.8. The molecule has 0 spiro atoms. The second-order valence-electron chi connectivity index (χ2n) is 3.54. The molecule has 0 saturated carbocycles. The van der Waals surface area contributed by atoms with Gasteiger partial charge in [-0.2, -0.15) is 0 Å². The van der Waals surface area contributed by atoms with Crippen molar-refractivity contribution in [2.75, 3.05) is 0 Å². The molecule has 1 aromatic heterocycles. The molecule has 0 radical (unpaired) electrons. The van der Waals surface area contributed by atoms with Crippen molar-refractivity contribution in [3.63, 3.8) is 0 Å². The highest BCUT2D eigenvalue weighted by molar-refractivity contribution is 5.87. The average molecular weight is 187 g/mol. The fourth-order valence-electron chi connectivity index (χ4n) is 1.72. The van der Waals surface area contributed by atoms with E-state index in [0.717, 1.165) is 11.1 Å². The molecule has 1 N–H and O–H groups in total. The summed E-state index contributed by atoms with van der Waals surface area (Å²) in [5.41, 5.74) is 1.97. The van der Waals surface area contributed by atoms with Crippen LogP contribution in [0, 0.1) is 6.92 Å². The predicted molar refractivity (Wildman–Crippen MR) is 57.1 cm³/mol. The molecule has 0 aliphatic heterocycles. The molecule has 2 nitrogen and oxygen atoms in total. The van der Waals surface area contributed by atoms with Crippen LogP contribution in [-0.4, -0.2) is 10.1 Å². The van der Waals surface area contributed by atoms with Gasteiger partial charge in [-0.1, -0.05) is 18.2 Å². The number of hydrogen-bond donors (Lipinski definition) is 1. The van der Waals surface area contributed by atoms with Crippen LogP contribution in [0.2, 0.25) is 0 Å². The fourth-order valence-corrected chi connectivity index (χ4v) is 1.72. The van der Waals surface area contributed by atoms with Crippen LogP contribution < -0.4 is 0 Å². The molecule has 1 aromatic carbocycles. The smallest absolute Gasteiger partial charge is 0.0938 e.